The molecular formula is C15H20N2O3. The SMILES string of the molecule is CCOC(=O)C(C)NC(C)c1ccc(OCC#N)cc1. The van der Waals surface area contributed by atoms with Crippen LogP contribution in [-0.4, -0.2) is 25.2 Å². The summed E-state index contributed by atoms with van der Waals surface area (Å²) in [5.74, 6) is 0.397. The Morgan fingerprint density at radius 2 is 2.00 bits per heavy atom. The van der Waals surface area contributed by atoms with Crippen molar-refractivity contribution < 1.29 is 14.3 Å². The van der Waals surface area contributed by atoms with Crippen LogP contribution in [0.5, 0.6) is 5.75 Å². The van der Waals surface area contributed by atoms with E-state index in [-0.39, 0.29) is 24.7 Å². The lowest BCUT2D eigenvalue weighted by atomic mass is 10.1. The van der Waals surface area contributed by atoms with Crippen LogP contribution in [0.1, 0.15) is 32.4 Å². The number of hydrogen-bond acceptors (Lipinski definition) is 5. The van der Waals surface area contributed by atoms with E-state index in [1.807, 2.05) is 25.1 Å². The highest BCUT2D eigenvalue weighted by atomic mass is 16.5. The van der Waals surface area contributed by atoms with Crippen molar-refractivity contribution >= 4 is 5.97 Å². The monoisotopic (exact) mass is 276 g/mol. The average Bonchev–Trinajstić information content (AvgIpc) is 2.45. The normalized spacial score (nSPS) is 13.1. The maximum absolute atomic E-state index is 11.5. The third-order valence-corrected chi connectivity index (χ3v) is 2.82. The number of benzene rings is 1. The molecular weight excluding hydrogens is 256 g/mol. The Hall–Kier alpha value is -2.06. The van der Waals surface area contributed by atoms with Crippen molar-refractivity contribution in [2.75, 3.05) is 13.2 Å². The van der Waals surface area contributed by atoms with Gasteiger partial charge in [0.05, 0.1) is 6.61 Å². The van der Waals surface area contributed by atoms with Gasteiger partial charge < -0.3 is 9.47 Å². The number of ether oxygens (including phenoxy) is 2. The number of hydrogen-bond donors (Lipinski definition) is 1. The summed E-state index contributed by atoms with van der Waals surface area (Å²) in [7, 11) is 0. The molecule has 0 aliphatic heterocycles. The van der Waals surface area contributed by atoms with Gasteiger partial charge in [-0.05, 0) is 38.5 Å². The molecule has 0 saturated carbocycles. The molecule has 1 aromatic rings. The molecule has 0 saturated heterocycles. The molecule has 2 atom stereocenters. The number of nitrogens with zero attached hydrogens (tertiary/aromatic N) is 1. The molecule has 1 N–H and O–H groups in total. The predicted octanol–water partition coefficient (Wildman–Crippen LogP) is 2.19. The first kappa shape index (κ1) is 16.0. The summed E-state index contributed by atoms with van der Waals surface area (Å²) in [6, 6.07) is 8.99. The van der Waals surface area contributed by atoms with Crippen molar-refractivity contribution in [2.24, 2.45) is 0 Å². The van der Waals surface area contributed by atoms with Crippen molar-refractivity contribution in [3.05, 3.63) is 29.8 Å². The van der Waals surface area contributed by atoms with Gasteiger partial charge in [0.25, 0.3) is 0 Å². The van der Waals surface area contributed by atoms with Gasteiger partial charge in [-0.15, -0.1) is 0 Å². The maximum atomic E-state index is 11.5. The number of carbonyl (C=O) groups is 1. The predicted molar refractivity (Wildman–Crippen MR) is 75.2 cm³/mol. The number of esters is 1. The third kappa shape index (κ3) is 4.90. The summed E-state index contributed by atoms with van der Waals surface area (Å²) in [4.78, 5) is 11.5. The van der Waals surface area contributed by atoms with Gasteiger partial charge in [0.15, 0.2) is 6.61 Å². The second-order valence-corrected chi connectivity index (χ2v) is 4.38. The molecule has 5 nitrogen and oxygen atoms in total. The molecule has 20 heavy (non-hydrogen) atoms. The van der Waals surface area contributed by atoms with Crippen molar-refractivity contribution in [3.63, 3.8) is 0 Å². The maximum Gasteiger partial charge on any atom is 0.322 e. The minimum atomic E-state index is -0.362. The van der Waals surface area contributed by atoms with Crippen LogP contribution >= 0.6 is 0 Å². The van der Waals surface area contributed by atoms with Gasteiger partial charge in [-0.2, -0.15) is 5.26 Å². The quantitative estimate of drug-likeness (QED) is 0.773. The highest BCUT2D eigenvalue weighted by Gasteiger charge is 2.17. The van der Waals surface area contributed by atoms with E-state index >= 15 is 0 Å². The largest absolute Gasteiger partial charge is 0.479 e. The smallest absolute Gasteiger partial charge is 0.322 e. The topological polar surface area (TPSA) is 71.3 Å². The van der Waals surface area contributed by atoms with Gasteiger partial charge in [0.2, 0.25) is 0 Å². The minimum Gasteiger partial charge on any atom is -0.479 e. The van der Waals surface area contributed by atoms with Crippen LogP contribution in [0, 0.1) is 11.3 Å². The van der Waals surface area contributed by atoms with Crippen LogP contribution in [0.2, 0.25) is 0 Å². The second kappa shape index (κ2) is 8.18. The Morgan fingerprint density at radius 3 is 2.55 bits per heavy atom. The molecule has 0 fully saturated rings. The highest BCUT2D eigenvalue weighted by molar-refractivity contribution is 5.75. The van der Waals surface area contributed by atoms with Gasteiger partial charge in [-0.1, -0.05) is 12.1 Å². The zero-order chi connectivity index (χ0) is 15.0. The Bertz CT molecular complexity index is 465. The zero-order valence-corrected chi connectivity index (χ0v) is 12.1. The summed E-state index contributed by atoms with van der Waals surface area (Å²) in [5, 5.41) is 11.6. The lowest BCUT2D eigenvalue weighted by molar-refractivity contribution is -0.145. The molecule has 1 rings (SSSR count). The van der Waals surface area contributed by atoms with Crippen LogP contribution in [0.3, 0.4) is 0 Å². The Morgan fingerprint density at radius 1 is 1.35 bits per heavy atom. The van der Waals surface area contributed by atoms with E-state index in [2.05, 4.69) is 5.32 Å². The van der Waals surface area contributed by atoms with Crippen molar-refractivity contribution in [3.8, 4) is 11.8 Å². The molecule has 2 unspecified atom stereocenters. The van der Waals surface area contributed by atoms with Crippen LogP contribution in [0.4, 0.5) is 0 Å². The molecule has 0 amide bonds. The van der Waals surface area contributed by atoms with Gasteiger partial charge in [0.1, 0.15) is 17.9 Å². The van der Waals surface area contributed by atoms with E-state index in [1.165, 1.54) is 0 Å². The molecule has 108 valence electrons. The van der Waals surface area contributed by atoms with Gasteiger partial charge >= 0.3 is 5.97 Å². The van der Waals surface area contributed by atoms with E-state index in [9.17, 15) is 4.79 Å². The number of rotatable bonds is 7. The minimum absolute atomic E-state index is 0.0134. The Kier molecular flexibility index (Phi) is 6.54. The molecule has 0 bridgehead atoms. The fourth-order valence-electron chi connectivity index (χ4n) is 1.77. The molecule has 5 heteroatoms. The molecule has 0 radical (unpaired) electrons. The van der Waals surface area contributed by atoms with E-state index in [0.717, 1.165) is 5.56 Å². The average molecular weight is 276 g/mol. The summed E-state index contributed by atoms with van der Waals surface area (Å²) in [6.07, 6.45) is 0. The number of carbonyl (C=O) groups excluding carboxylic acids is 1. The Labute approximate surface area is 119 Å². The molecule has 0 aliphatic rings. The molecule has 0 heterocycles. The third-order valence-electron chi connectivity index (χ3n) is 2.82. The lowest BCUT2D eigenvalue weighted by Crippen LogP contribution is -2.37. The first-order valence-corrected chi connectivity index (χ1v) is 6.60. The van der Waals surface area contributed by atoms with Crippen LogP contribution in [-0.2, 0) is 9.53 Å². The molecule has 0 aromatic heterocycles. The summed E-state index contributed by atoms with van der Waals surface area (Å²) in [5.41, 5.74) is 1.03. The van der Waals surface area contributed by atoms with Crippen LogP contribution in [0.25, 0.3) is 0 Å². The fourth-order valence-corrected chi connectivity index (χ4v) is 1.77. The van der Waals surface area contributed by atoms with Crippen molar-refractivity contribution in [2.45, 2.75) is 32.9 Å². The standard InChI is InChI=1S/C15H20N2O3/c1-4-19-15(18)12(3)17-11(2)13-5-7-14(8-6-13)20-10-9-16/h5-8,11-12,17H,4,10H2,1-3H3. The number of nitriles is 1. The van der Waals surface area contributed by atoms with E-state index < -0.39 is 0 Å². The first-order valence-electron chi connectivity index (χ1n) is 6.60. The van der Waals surface area contributed by atoms with E-state index in [0.29, 0.717) is 12.4 Å². The van der Waals surface area contributed by atoms with Gasteiger partial charge in [0, 0.05) is 6.04 Å². The summed E-state index contributed by atoms with van der Waals surface area (Å²) >= 11 is 0. The van der Waals surface area contributed by atoms with Crippen molar-refractivity contribution in [1.82, 2.24) is 5.32 Å². The second-order valence-electron chi connectivity index (χ2n) is 4.38. The highest BCUT2D eigenvalue weighted by Crippen LogP contribution is 2.18. The fraction of sp³-hybridized carbons (Fsp3) is 0.467. The van der Waals surface area contributed by atoms with Gasteiger partial charge in [-0.25, -0.2) is 0 Å². The van der Waals surface area contributed by atoms with Crippen LogP contribution < -0.4 is 10.1 Å². The van der Waals surface area contributed by atoms with Crippen molar-refractivity contribution in [1.29, 1.82) is 5.26 Å². The lowest BCUT2D eigenvalue weighted by Gasteiger charge is -2.19. The summed E-state index contributed by atoms with van der Waals surface area (Å²) < 4.78 is 10.1. The van der Waals surface area contributed by atoms with E-state index in [1.54, 1.807) is 26.0 Å². The number of nitrogens with one attached hydrogen (secondary N) is 1. The van der Waals surface area contributed by atoms with Crippen LogP contribution in [0.15, 0.2) is 24.3 Å². The van der Waals surface area contributed by atoms with Gasteiger partial charge in [-0.3, -0.25) is 10.1 Å². The molecule has 0 spiro atoms. The van der Waals surface area contributed by atoms with E-state index in [4.69, 9.17) is 14.7 Å². The zero-order valence-electron chi connectivity index (χ0n) is 12.1. The molecule has 0 aliphatic carbocycles. The Balaban J connectivity index is 2.57. The molecule has 1 aromatic carbocycles. The summed E-state index contributed by atoms with van der Waals surface area (Å²) in [6.45, 7) is 5.95. The first-order chi connectivity index (χ1) is 9.58.